The second-order valence-corrected chi connectivity index (χ2v) is 6.19. The molecule has 0 aromatic heterocycles. The van der Waals surface area contributed by atoms with Gasteiger partial charge in [-0.3, -0.25) is 4.79 Å². The molecule has 20 heavy (non-hydrogen) atoms. The van der Waals surface area contributed by atoms with Crippen LogP contribution in [0.2, 0.25) is 0 Å². The zero-order valence-electron chi connectivity index (χ0n) is 12.1. The van der Waals surface area contributed by atoms with Crippen molar-refractivity contribution in [1.82, 2.24) is 10.2 Å². The van der Waals surface area contributed by atoms with Gasteiger partial charge in [0.25, 0.3) is 0 Å². The lowest BCUT2D eigenvalue weighted by Crippen LogP contribution is -2.41. The molecule has 1 amide bonds. The summed E-state index contributed by atoms with van der Waals surface area (Å²) in [7, 11) is 0. The molecular weight excluding hydrogens is 248 g/mol. The molecule has 108 valence electrons. The summed E-state index contributed by atoms with van der Waals surface area (Å²) in [5.74, 6) is 1.28. The molecule has 1 aromatic carbocycles. The van der Waals surface area contributed by atoms with Crippen LogP contribution in [0.5, 0.6) is 0 Å². The van der Waals surface area contributed by atoms with E-state index < -0.39 is 0 Å². The van der Waals surface area contributed by atoms with E-state index in [1.807, 2.05) is 6.07 Å². The number of carbonyl (C=O) groups excluding carboxylic acids is 1. The number of carbonyl (C=O) groups is 1. The Balaban J connectivity index is 1.67. The van der Waals surface area contributed by atoms with Gasteiger partial charge >= 0.3 is 0 Å². The van der Waals surface area contributed by atoms with Gasteiger partial charge in [-0.05, 0) is 37.3 Å². The first-order chi connectivity index (χ1) is 9.83. The number of hydrogen-bond acceptors (Lipinski definition) is 2. The van der Waals surface area contributed by atoms with Crippen LogP contribution in [0.15, 0.2) is 30.3 Å². The van der Waals surface area contributed by atoms with Gasteiger partial charge in [-0.15, -0.1) is 0 Å². The van der Waals surface area contributed by atoms with Crippen molar-refractivity contribution in [3.63, 3.8) is 0 Å². The Morgan fingerprint density at radius 1 is 1.20 bits per heavy atom. The fourth-order valence-electron chi connectivity index (χ4n) is 3.15. The Morgan fingerprint density at radius 2 is 2.00 bits per heavy atom. The number of amides is 1. The first-order valence-electron chi connectivity index (χ1n) is 7.86. The molecule has 2 aliphatic rings. The fraction of sp³-hybridized carbons (Fsp3) is 0.588. The van der Waals surface area contributed by atoms with E-state index in [4.69, 9.17) is 0 Å². The third-order valence-electron chi connectivity index (χ3n) is 4.64. The third kappa shape index (κ3) is 3.21. The molecule has 1 heterocycles. The van der Waals surface area contributed by atoms with Crippen molar-refractivity contribution in [3.05, 3.63) is 35.9 Å². The minimum atomic E-state index is 0.193. The average Bonchev–Trinajstić information content (AvgIpc) is 2.96. The maximum absolute atomic E-state index is 12.7. The summed E-state index contributed by atoms with van der Waals surface area (Å²) in [4.78, 5) is 14.8. The van der Waals surface area contributed by atoms with Gasteiger partial charge in [-0.25, -0.2) is 0 Å². The van der Waals surface area contributed by atoms with Crippen LogP contribution in [0.25, 0.3) is 0 Å². The molecule has 1 N–H and O–H groups in total. The lowest BCUT2D eigenvalue weighted by molar-refractivity contribution is -0.136. The van der Waals surface area contributed by atoms with Gasteiger partial charge in [-0.2, -0.15) is 0 Å². The number of benzene rings is 1. The topological polar surface area (TPSA) is 32.3 Å². The Kier molecular flexibility index (Phi) is 4.36. The molecular formula is C17H24N2O. The summed E-state index contributed by atoms with van der Waals surface area (Å²) in [6.07, 6.45) is 4.92. The highest BCUT2D eigenvalue weighted by atomic mass is 16.2. The van der Waals surface area contributed by atoms with Crippen LogP contribution >= 0.6 is 0 Å². The van der Waals surface area contributed by atoms with Crippen molar-refractivity contribution >= 4 is 5.91 Å². The molecule has 1 atom stereocenters. The van der Waals surface area contributed by atoms with E-state index in [1.54, 1.807) is 0 Å². The van der Waals surface area contributed by atoms with Gasteiger partial charge < -0.3 is 10.2 Å². The summed E-state index contributed by atoms with van der Waals surface area (Å²) in [6.45, 7) is 3.56. The molecule has 1 saturated carbocycles. The number of hydrogen-bond donors (Lipinski definition) is 1. The molecule has 1 aromatic rings. The fourth-order valence-corrected chi connectivity index (χ4v) is 3.15. The van der Waals surface area contributed by atoms with Crippen molar-refractivity contribution in [2.75, 3.05) is 19.6 Å². The van der Waals surface area contributed by atoms with Gasteiger partial charge in [0.2, 0.25) is 5.91 Å². The lowest BCUT2D eigenvalue weighted by Gasteiger charge is -2.33. The first kappa shape index (κ1) is 13.6. The molecule has 2 fully saturated rings. The van der Waals surface area contributed by atoms with Crippen LogP contribution < -0.4 is 5.32 Å². The van der Waals surface area contributed by atoms with Crippen LogP contribution in [0.1, 0.15) is 31.2 Å². The molecule has 1 saturated heterocycles. The maximum Gasteiger partial charge on any atom is 0.227 e. The van der Waals surface area contributed by atoms with Gasteiger partial charge in [0.15, 0.2) is 0 Å². The van der Waals surface area contributed by atoms with Gasteiger partial charge in [0.1, 0.15) is 0 Å². The number of rotatable bonds is 5. The number of nitrogens with one attached hydrogen (secondary N) is 1. The largest absolute Gasteiger partial charge is 0.338 e. The van der Waals surface area contributed by atoms with Crippen LogP contribution in [0.3, 0.4) is 0 Å². The predicted octanol–water partition coefficient (Wildman–Crippen LogP) is 2.42. The summed E-state index contributed by atoms with van der Waals surface area (Å²) < 4.78 is 0. The van der Waals surface area contributed by atoms with E-state index in [0.717, 1.165) is 38.5 Å². The third-order valence-corrected chi connectivity index (χ3v) is 4.64. The summed E-state index contributed by atoms with van der Waals surface area (Å²) in [6, 6.07) is 10.4. The normalized spacial score (nSPS) is 22.5. The Labute approximate surface area is 121 Å². The van der Waals surface area contributed by atoms with Gasteiger partial charge in [0.05, 0.1) is 5.92 Å². The SMILES string of the molecule is O=C(C1CCNC1)N(Cc1ccccc1)CC1CCC1. The molecule has 3 nitrogen and oxygen atoms in total. The molecule has 0 spiro atoms. The molecule has 1 unspecified atom stereocenters. The second kappa shape index (κ2) is 6.40. The van der Waals surface area contributed by atoms with Crippen molar-refractivity contribution in [2.24, 2.45) is 11.8 Å². The second-order valence-electron chi connectivity index (χ2n) is 6.19. The average molecular weight is 272 g/mol. The van der Waals surface area contributed by atoms with Crippen molar-refractivity contribution in [2.45, 2.75) is 32.2 Å². The van der Waals surface area contributed by atoms with E-state index >= 15 is 0 Å². The highest BCUT2D eigenvalue weighted by molar-refractivity contribution is 5.79. The number of nitrogens with zero attached hydrogens (tertiary/aromatic N) is 1. The Hall–Kier alpha value is -1.35. The standard InChI is InChI=1S/C17H24N2O/c20-17(16-9-10-18-11-16)19(13-15-7-4-8-15)12-14-5-2-1-3-6-14/h1-3,5-6,15-16,18H,4,7-13H2. The monoisotopic (exact) mass is 272 g/mol. The Bertz CT molecular complexity index is 436. The van der Waals surface area contributed by atoms with E-state index in [-0.39, 0.29) is 5.92 Å². The molecule has 1 aliphatic heterocycles. The molecule has 0 radical (unpaired) electrons. The highest BCUT2D eigenvalue weighted by Crippen LogP contribution is 2.28. The van der Waals surface area contributed by atoms with E-state index in [1.165, 1.54) is 24.8 Å². The summed E-state index contributed by atoms with van der Waals surface area (Å²) in [5.41, 5.74) is 1.24. The van der Waals surface area contributed by atoms with Crippen molar-refractivity contribution in [1.29, 1.82) is 0 Å². The smallest absolute Gasteiger partial charge is 0.227 e. The first-order valence-corrected chi connectivity index (χ1v) is 7.86. The van der Waals surface area contributed by atoms with Crippen LogP contribution in [-0.2, 0) is 11.3 Å². The molecule has 1 aliphatic carbocycles. The summed E-state index contributed by atoms with van der Waals surface area (Å²) in [5, 5.41) is 3.31. The van der Waals surface area contributed by atoms with Crippen LogP contribution in [-0.4, -0.2) is 30.4 Å². The molecule has 0 bridgehead atoms. The predicted molar refractivity (Wildman–Crippen MR) is 80.2 cm³/mol. The zero-order valence-corrected chi connectivity index (χ0v) is 12.1. The van der Waals surface area contributed by atoms with Crippen molar-refractivity contribution in [3.8, 4) is 0 Å². The van der Waals surface area contributed by atoms with Crippen LogP contribution in [0, 0.1) is 11.8 Å². The quantitative estimate of drug-likeness (QED) is 0.893. The maximum atomic E-state index is 12.7. The summed E-state index contributed by atoms with van der Waals surface area (Å²) >= 11 is 0. The zero-order chi connectivity index (χ0) is 13.8. The van der Waals surface area contributed by atoms with Crippen LogP contribution in [0.4, 0.5) is 0 Å². The van der Waals surface area contributed by atoms with E-state index in [2.05, 4.69) is 34.5 Å². The molecule has 3 rings (SSSR count). The van der Waals surface area contributed by atoms with E-state index in [9.17, 15) is 4.79 Å². The highest BCUT2D eigenvalue weighted by Gasteiger charge is 2.30. The van der Waals surface area contributed by atoms with Crippen molar-refractivity contribution < 1.29 is 4.79 Å². The Morgan fingerprint density at radius 3 is 2.60 bits per heavy atom. The van der Waals surface area contributed by atoms with Gasteiger partial charge in [-0.1, -0.05) is 36.8 Å². The van der Waals surface area contributed by atoms with E-state index in [0.29, 0.717) is 5.91 Å². The van der Waals surface area contributed by atoms with Gasteiger partial charge in [0, 0.05) is 19.6 Å². The minimum absolute atomic E-state index is 0.193. The molecule has 3 heteroatoms. The minimum Gasteiger partial charge on any atom is -0.338 e. The lowest BCUT2D eigenvalue weighted by atomic mass is 9.85.